The molecule has 0 saturated carbocycles. The maximum Gasteiger partial charge on any atom is 0.353 e. The van der Waals surface area contributed by atoms with Crippen LogP contribution in [0.3, 0.4) is 0 Å². The first-order chi connectivity index (χ1) is 7.89. The highest BCUT2D eigenvalue weighted by molar-refractivity contribution is 7.91. The van der Waals surface area contributed by atoms with E-state index in [9.17, 15) is 18.0 Å². The Morgan fingerprint density at radius 2 is 2.24 bits per heavy atom. The van der Waals surface area contributed by atoms with Crippen molar-refractivity contribution in [3.63, 3.8) is 0 Å². The summed E-state index contributed by atoms with van der Waals surface area (Å²) in [5.74, 6) is -1.55. The molecule has 94 valence electrons. The first-order valence-corrected chi connectivity index (χ1v) is 6.94. The summed E-state index contributed by atoms with van der Waals surface area (Å²) in [4.78, 5) is 22.4. The Labute approximate surface area is 98.0 Å². The van der Waals surface area contributed by atoms with Crippen LogP contribution in [0.2, 0.25) is 0 Å². The van der Waals surface area contributed by atoms with Crippen molar-refractivity contribution in [3.8, 4) is 0 Å². The summed E-state index contributed by atoms with van der Waals surface area (Å²) in [5.41, 5.74) is 2.37. The third kappa shape index (κ3) is 2.41. The Hall–Kier alpha value is -1.57. The van der Waals surface area contributed by atoms with E-state index < -0.39 is 21.8 Å². The molecule has 2 heterocycles. The van der Waals surface area contributed by atoms with E-state index in [1.807, 2.05) is 0 Å². The van der Waals surface area contributed by atoms with Gasteiger partial charge in [-0.25, -0.2) is 13.2 Å². The van der Waals surface area contributed by atoms with E-state index in [4.69, 9.17) is 5.11 Å². The summed E-state index contributed by atoms with van der Waals surface area (Å²) in [5, 5.41) is 9.93. The zero-order valence-corrected chi connectivity index (χ0v) is 9.74. The lowest BCUT2D eigenvalue weighted by Gasteiger charge is -2.31. The smallest absolute Gasteiger partial charge is 0.353 e. The Bertz CT molecular complexity index is 496. The van der Waals surface area contributed by atoms with Gasteiger partial charge in [-0.1, -0.05) is 0 Å². The second-order valence-electron chi connectivity index (χ2n) is 4.06. The van der Waals surface area contributed by atoms with Crippen molar-refractivity contribution in [2.75, 3.05) is 11.5 Å². The third-order valence-electron chi connectivity index (χ3n) is 2.79. The fraction of sp³-hybridized carbons (Fsp3) is 0.556. The van der Waals surface area contributed by atoms with Gasteiger partial charge < -0.3 is 5.11 Å². The molecule has 2 aliphatic rings. The predicted octanol–water partition coefficient (Wildman–Crippen LogP) is -1.12. The first kappa shape index (κ1) is 11.9. The zero-order valence-electron chi connectivity index (χ0n) is 8.92. The fourth-order valence-corrected chi connectivity index (χ4v) is 3.63. The van der Waals surface area contributed by atoms with Crippen LogP contribution in [0.4, 0.5) is 0 Å². The van der Waals surface area contributed by atoms with E-state index >= 15 is 0 Å². The van der Waals surface area contributed by atoms with Crippen LogP contribution in [0.15, 0.2) is 11.8 Å². The van der Waals surface area contributed by atoms with Gasteiger partial charge in [0.1, 0.15) is 5.70 Å². The van der Waals surface area contributed by atoms with Gasteiger partial charge in [0, 0.05) is 6.42 Å². The minimum absolute atomic E-state index is 0.0226. The molecule has 7 nitrogen and oxygen atoms in total. The second kappa shape index (κ2) is 4.02. The summed E-state index contributed by atoms with van der Waals surface area (Å²) >= 11 is 0. The molecule has 1 atom stereocenters. The van der Waals surface area contributed by atoms with Gasteiger partial charge in [-0.05, 0) is 12.5 Å². The molecule has 2 N–H and O–H groups in total. The lowest BCUT2D eigenvalue weighted by molar-refractivity contribution is -0.139. The van der Waals surface area contributed by atoms with Crippen LogP contribution in [0.25, 0.3) is 0 Å². The summed E-state index contributed by atoms with van der Waals surface area (Å²) in [6.07, 6.45) is 1.60. The molecule has 2 rings (SSSR count). The van der Waals surface area contributed by atoms with E-state index in [-0.39, 0.29) is 29.5 Å². The van der Waals surface area contributed by atoms with Gasteiger partial charge in [0.2, 0.25) is 5.91 Å². The molecule has 17 heavy (non-hydrogen) atoms. The van der Waals surface area contributed by atoms with Crippen LogP contribution in [-0.4, -0.2) is 48.0 Å². The van der Waals surface area contributed by atoms with Gasteiger partial charge >= 0.3 is 5.97 Å². The highest BCUT2D eigenvalue weighted by atomic mass is 32.2. The Kier molecular flexibility index (Phi) is 2.82. The van der Waals surface area contributed by atoms with E-state index in [1.165, 1.54) is 6.08 Å². The fourth-order valence-electron chi connectivity index (χ4n) is 1.93. The second-order valence-corrected chi connectivity index (χ2v) is 6.29. The maximum atomic E-state index is 11.6. The summed E-state index contributed by atoms with van der Waals surface area (Å²) in [6, 6.07) is -0.476. The van der Waals surface area contributed by atoms with Crippen LogP contribution >= 0.6 is 0 Å². The number of nitrogens with one attached hydrogen (secondary N) is 1. The normalized spacial score (nSPS) is 27.5. The standard InChI is InChI=1S/C9H12N2O5S/c12-8-2-1-7(9(13)14)10-11(8)6-3-4-17(15,16)5-6/h1,6,10H,2-5H2,(H,13,14)/t6-/m1/s1. The number of hydrogen-bond acceptors (Lipinski definition) is 5. The van der Waals surface area contributed by atoms with Crippen molar-refractivity contribution in [1.82, 2.24) is 10.4 Å². The number of hydrazine groups is 1. The number of aliphatic carboxylic acids is 1. The number of carboxylic acid groups (broad SMARTS) is 1. The zero-order chi connectivity index (χ0) is 12.6. The molecule has 0 radical (unpaired) electrons. The van der Waals surface area contributed by atoms with E-state index in [1.54, 1.807) is 0 Å². The van der Waals surface area contributed by atoms with Crippen molar-refractivity contribution in [1.29, 1.82) is 0 Å². The van der Waals surface area contributed by atoms with Gasteiger partial charge in [0.05, 0.1) is 17.5 Å². The monoisotopic (exact) mass is 260 g/mol. The van der Waals surface area contributed by atoms with Crippen LogP contribution in [0.5, 0.6) is 0 Å². The molecular weight excluding hydrogens is 248 g/mol. The molecule has 0 spiro atoms. The number of carbonyl (C=O) groups is 2. The van der Waals surface area contributed by atoms with E-state index in [0.29, 0.717) is 6.42 Å². The van der Waals surface area contributed by atoms with E-state index in [0.717, 1.165) is 5.01 Å². The molecule has 0 bridgehead atoms. The Morgan fingerprint density at radius 3 is 2.76 bits per heavy atom. The minimum Gasteiger partial charge on any atom is -0.477 e. The molecule has 0 aromatic heterocycles. The van der Waals surface area contributed by atoms with Crippen molar-refractivity contribution in [2.45, 2.75) is 18.9 Å². The summed E-state index contributed by atoms with van der Waals surface area (Å²) < 4.78 is 22.6. The lowest BCUT2D eigenvalue weighted by Crippen LogP contribution is -2.52. The number of nitrogens with zero attached hydrogens (tertiary/aromatic N) is 1. The average molecular weight is 260 g/mol. The van der Waals surface area contributed by atoms with Gasteiger partial charge in [-0.15, -0.1) is 0 Å². The van der Waals surface area contributed by atoms with Gasteiger partial charge in [-0.3, -0.25) is 15.2 Å². The van der Waals surface area contributed by atoms with Crippen LogP contribution in [0.1, 0.15) is 12.8 Å². The lowest BCUT2D eigenvalue weighted by atomic mass is 10.2. The Morgan fingerprint density at radius 1 is 1.53 bits per heavy atom. The molecule has 1 fully saturated rings. The average Bonchev–Trinajstić information content (AvgIpc) is 2.59. The van der Waals surface area contributed by atoms with E-state index in [2.05, 4.69) is 5.43 Å². The first-order valence-electron chi connectivity index (χ1n) is 5.11. The van der Waals surface area contributed by atoms with Crippen molar-refractivity contribution in [3.05, 3.63) is 11.8 Å². The van der Waals surface area contributed by atoms with Gasteiger partial charge in [-0.2, -0.15) is 0 Å². The minimum atomic E-state index is -3.11. The van der Waals surface area contributed by atoms with Crippen molar-refractivity contribution < 1.29 is 23.1 Å². The molecule has 2 aliphatic heterocycles. The summed E-state index contributed by atoms with van der Waals surface area (Å²) in [6.45, 7) is 0. The maximum absolute atomic E-state index is 11.6. The quantitative estimate of drug-likeness (QED) is 0.651. The van der Waals surface area contributed by atoms with Gasteiger partial charge in [0.15, 0.2) is 9.84 Å². The Balaban J connectivity index is 2.15. The number of carbonyl (C=O) groups excluding carboxylic acids is 1. The van der Waals surface area contributed by atoms with Crippen molar-refractivity contribution in [2.24, 2.45) is 0 Å². The number of hydrogen-bond donors (Lipinski definition) is 2. The molecule has 0 aliphatic carbocycles. The number of sulfone groups is 1. The van der Waals surface area contributed by atoms with Crippen LogP contribution in [0, 0.1) is 0 Å². The highest BCUT2D eigenvalue weighted by Gasteiger charge is 2.36. The van der Waals surface area contributed by atoms with Crippen LogP contribution in [-0.2, 0) is 19.4 Å². The largest absolute Gasteiger partial charge is 0.477 e. The molecule has 0 aromatic rings. The topological polar surface area (TPSA) is 104 Å². The molecular formula is C9H12N2O5S. The van der Waals surface area contributed by atoms with Crippen molar-refractivity contribution >= 4 is 21.7 Å². The van der Waals surface area contributed by atoms with Gasteiger partial charge in [0.25, 0.3) is 0 Å². The third-order valence-corrected chi connectivity index (χ3v) is 4.54. The SMILES string of the molecule is O=C(O)C1=CCC(=O)N([C@@H]2CCS(=O)(=O)C2)N1. The molecule has 0 aromatic carbocycles. The number of rotatable bonds is 2. The molecule has 1 saturated heterocycles. The van der Waals surface area contributed by atoms with Crippen LogP contribution < -0.4 is 5.43 Å². The molecule has 1 amide bonds. The highest BCUT2D eigenvalue weighted by Crippen LogP contribution is 2.19. The number of carboxylic acids is 1. The predicted molar refractivity (Wildman–Crippen MR) is 57.4 cm³/mol. The summed E-state index contributed by atoms with van der Waals surface area (Å²) in [7, 11) is -3.11. The molecule has 0 unspecified atom stereocenters. The molecule has 8 heteroatoms. The number of amides is 1.